The highest BCUT2D eigenvalue weighted by molar-refractivity contribution is 9.09. The summed E-state index contributed by atoms with van der Waals surface area (Å²) in [5, 5.41) is 0.741. The molecule has 18 heavy (non-hydrogen) atoms. The van der Waals surface area contributed by atoms with E-state index in [0.717, 1.165) is 11.8 Å². The van der Waals surface area contributed by atoms with Crippen molar-refractivity contribution in [1.82, 2.24) is 4.90 Å². The molecule has 1 aromatic rings. The molecule has 1 aliphatic heterocycles. The average molecular weight is 322 g/mol. The van der Waals surface area contributed by atoms with Crippen LogP contribution in [0.2, 0.25) is 0 Å². The molecule has 6 heteroatoms. The maximum atomic E-state index is 13.5. The number of likely N-dealkylation sites (tertiary alicyclic amines) is 1. The summed E-state index contributed by atoms with van der Waals surface area (Å²) in [6.45, 7) is 0.922. The van der Waals surface area contributed by atoms with Crippen molar-refractivity contribution in [3.05, 3.63) is 35.1 Å². The number of rotatable bonds is 2. The number of benzene rings is 1. The van der Waals surface area contributed by atoms with Gasteiger partial charge in [0, 0.05) is 30.6 Å². The summed E-state index contributed by atoms with van der Waals surface area (Å²) < 4.78 is 39.7. The minimum absolute atomic E-state index is 0.292. The van der Waals surface area contributed by atoms with Crippen LogP contribution in [0.5, 0.6) is 0 Å². The molecule has 0 radical (unpaired) electrons. The monoisotopic (exact) mass is 321 g/mol. The number of amides is 1. The normalized spacial score (nSPS) is 19.3. The van der Waals surface area contributed by atoms with Crippen molar-refractivity contribution in [2.45, 2.75) is 6.42 Å². The molecule has 0 N–H and O–H groups in total. The van der Waals surface area contributed by atoms with Gasteiger partial charge in [0.25, 0.3) is 5.91 Å². The summed E-state index contributed by atoms with van der Waals surface area (Å²) in [4.78, 5) is 13.4. The van der Waals surface area contributed by atoms with E-state index in [0.29, 0.717) is 31.1 Å². The average Bonchev–Trinajstić information content (AvgIpc) is 2.75. The molecular formula is C12H11BrF3NO. The zero-order chi connectivity index (χ0) is 13.3. The van der Waals surface area contributed by atoms with E-state index in [1.165, 1.54) is 4.90 Å². The highest BCUT2D eigenvalue weighted by Gasteiger charge is 2.29. The lowest BCUT2D eigenvalue weighted by Gasteiger charge is -2.17. The van der Waals surface area contributed by atoms with Crippen LogP contribution >= 0.6 is 15.9 Å². The van der Waals surface area contributed by atoms with Gasteiger partial charge in [0.15, 0.2) is 0 Å². The lowest BCUT2D eigenvalue weighted by Crippen LogP contribution is -2.30. The third kappa shape index (κ3) is 2.53. The van der Waals surface area contributed by atoms with Crippen LogP contribution in [0.25, 0.3) is 0 Å². The first kappa shape index (κ1) is 13.4. The minimum Gasteiger partial charge on any atom is -0.338 e. The van der Waals surface area contributed by atoms with Crippen LogP contribution in [-0.4, -0.2) is 29.2 Å². The van der Waals surface area contributed by atoms with Crippen LogP contribution in [0.3, 0.4) is 0 Å². The summed E-state index contributed by atoms with van der Waals surface area (Å²) in [5.74, 6) is -3.75. The molecular weight excluding hydrogens is 311 g/mol. The molecule has 1 saturated heterocycles. The Kier molecular flexibility index (Phi) is 3.94. The van der Waals surface area contributed by atoms with Crippen molar-refractivity contribution in [3.8, 4) is 0 Å². The second kappa shape index (κ2) is 5.30. The predicted molar refractivity (Wildman–Crippen MR) is 64.1 cm³/mol. The smallest absolute Gasteiger partial charge is 0.259 e. The molecule has 1 aliphatic rings. The Labute approximate surface area is 111 Å². The molecule has 2 nitrogen and oxygen atoms in total. The molecule has 0 aromatic heterocycles. The van der Waals surface area contributed by atoms with E-state index >= 15 is 0 Å². The van der Waals surface area contributed by atoms with Crippen molar-refractivity contribution >= 4 is 21.8 Å². The maximum Gasteiger partial charge on any atom is 0.259 e. The molecule has 0 saturated carbocycles. The number of carbonyl (C=O) groups is 1. The molecule has 1 aromatic carbocycles. The van der Waals surface area contributed by atoms with Crippen molar-refractivity contribution < 1.29 is 18.0 Å². The molecule has 0 spiro atoms. The van der Waals surface area contributed by atoms with E-state index in [1.807, 2.05) is 0 Å². The summed E-state index contributed by atoms with van der Waals surface area (Å²) in [5.41, 5.74) is -0.674. The van der Waals surface area contributed by atoms with E-state index in [9.17, 15) is 18.0 Å². The molecule has 1 fully saturated rings. The Morgan fingerprint density at radius 2 is 1.94 bits per heavy atom. The fourth-order valence-corrected chi connectivity index (χ4v) is 2.58. The molecule has 98 valence electrons. The number of carbonyl (C=O) groups excluding carboxylic acids is 1. The summed E-state index contributed by atoms with van der Waals surface area (Å²) in [6, 6.07) is 1.04. The van der Waals surface area contributed by atoms with Gasteiger partial charge < -0.3 is 4.90 Å². The van der Waals surface area contributed by atoms with Gasteiger partial charge in [-0.15, -0.1) is 0 Å². The second-order valence-electron chi connectivity index (χ2n) is 4.30. The topological polar surface area (TPSA) is 20.3 Å². The van der Waals surface area contributed by atoms with Crippen LogP contribution in [0.15, 0.2) is 12.1 Å². The lowest BCUT2D eigenvalue weighted by atomic mass is 10.1. The van der Waals surface area contributed by atoms with Crippen molar-refractivity contribution in [3.63, 3.8) is 0 Å². The fraction of sp³-hybridized carbons (Fsp3) is 0.417. The summed E-state index contributed by atoms with van der Waals surface area (Å²) in [6.07, 6.45) is 0.793. The second-order valence-corrected chi connectivity index (χ2v) is 4.95. The predicted octanol–water partition coefficient (Wildman–Crippen LogP) is 2.96. The Morgan fingerprint density at radius 3 is 2.44 bits per heavy atom. The van der Waals surface area contributed by atoms with E-state index in [2.05, 4.69) is 15.9 Å². The van der Waals surface area contributed by atoms with Gasteiger partial charge in [0.05, 0.1) is 0 Å². The first-order valence-corrected chi connectivity index (χ1v) is 6.65. The largest absolute Gasteiger partial charge is 0.338 e. The summed E-state index contributed by atoms with van der Waals surface area (Å²) >= 11 is 3.31. The highest BCUT2D eigenvalue weighted by Crippen LogP contribution is 2.23. The summed E-state index contributed by atoms with van der Waals surface area (Å²) in [7, 11) is 0. The number of nitrogens with zero attached hydrogens (tertiary/aromatic N) is 1. The van der Waals surface area contributed by atoms with Crippen LogP contribution < -0.4 is 0 Å². The molecule has 0 aliphatic carbocycles. The van der Waals surface area contributed by atoms with Gasteiger partial charge in [-0.1, -0.05) is 15.9 Å². The van der Waals surface area contributed by atoms with Crippen LogP contribution in [0.1, 0.15) is 16.8 Å². The standard InChI is InChI=1S/C12H11BrF3NO/c13-5-7-1-2-17(6-7)12(18)11-9(15)3-8(14)4-10(11)16/h3-4,7H,1-2,5-6H2. The Bertz CT molecular complexity index is 457. The van der Waals surface area contributed by atoms with E-state index < -0.39 is 28.9 Å². The lowest BCUT2D eigenvalue weighted by molar-refractivity contribution is 0.0778. The van der Waals surface area contributed by atoms with E-state index in [-0.39, 0.29) is 0 Å². The highest BCUT2D eigenvalue weighted by atomic mass is 79.9. The van der Waals surface area contributed by atoms with Crippen molar-refractivity contribution in [2.24, 2.45) is 5.92 Å². The SMILES string of the molecule is O=C(c1c(F)cc(F)cc1F)N1CCC(CBr)C1. The van der Waals surface area contributed by atoms with Crippen LogP contribution in [-0.2, 0) is 0 Å². The quantitative estimate of drug-likeness (QED) is 0.767. The molecule has 1 heterocycles. The van der Waals surface area contributed by atoms with Gasteiger partial charge in [-0.05, 0) is 12.3 Å². The number of hydrogen-bond acceptors (Lipinski definition) is 1. The Balaban J connectivity index is 2.25. The van der Waals surface area contributed by atoms with Gasteiger partial charge in [0.1, 0.15) is 23.0 Å². The molecule has 1 amide bonds. The fourth-order valence-electron chi connectivity index (χ4n) is 2.05. The maximum absolute atomic E-state index is 13.5. The number of hydrogen-bond donors (Lipinski definition) is 0. The molecule has 1 atom stereocenters. The first-order valence-electron chi connectivity index (χ1n) is 5.52. The van der Waals surface area contributed by atoms with Crippen LogP contribution in [0.4, 0.5) is 13.2 Å². The molecule has 1 unspecified atom stereocenters. The van der Waals surface area contributed by atoms with Gasteiger partial charge in [-0.3, -0.25) is 4.79 Å². The third-order valence-corrected chi connectivity index (χ3v) is 3.93. The van der Waals surface area contributed by atoms with Crippen molar-refractivity contribution in [2.75, 3.05) is 18.4 Å². The zero-order valence-corrected chi connectivity index (χ0v) is 11.0. The third-order valence-electron chi connectivity index (χ3n) is 3.01. The van der Waals surface area contributed by atoms with Crippen molar-refractivity contribution in [1.29, 1.82) is 0 Å². The van der Waals surface area contributed by atoms with Gasteiger partial charge in [-0.2, -0.15) is 0 Å². The number of halogens is 4. The first-order chi connectivity index (χ1) is 8.52. The number of alkyl halides is 1. The Morgan fingerprint density at radius 1 is 1.33 bits per heavy atom. The minimum atomic E-state index is -1.15. The zero-order valence-electron chi connectivity index (χ0n) is 9.43. The van der Waals surface area contributed by atoms with Gasteiger partial charge in [-0.25, -0.2) is 13.2 Å². The van der Waals surface area contributed by atoms with Gasteiger partial charge in [0.2, 0.25) is 0 Å². The molecule has 0 bridgehead atoms. The van der Waals surface area contributed by atoms with E-state index in [4.69, 9.17) is 0 Å². The Hall–Kier alpha value is -1.04. The van der Waals surface area contributed by atoms with E-state index in [1.54, 1.807) is 0 Å². The molecule has 2 rings (SSSR count). The van der Waals surface area contributed by atoms with Crippen LogP contribution in [0, 0.1) is 23.4 Å². The van der Waals surface area contributed by atoms with Gasteiger partial charge >= 0.3 is 0 Å².